The number of rotatable bonds is 8. The minimum absolute atomic E-state index is 0.0453. The summed E-state index contributed by atoms with van der Waals surface area (Å²) in [5.74, 6) is 0. The third-order valence-corrected chi connectivity index (χ3v) is 2.88. The number of carbonyl (C=O) groups excluding carboxylic acids is 1. The summed E-state index contributed by atoms with van der Waals surface area (Å²) in [5, 5.41) is 16.0. The Morgan fingerprint density at radius 1 is 1.04 bits per heavy atom. The molecule has 0 saturated carbocycles. The molecule has 2 N–H and O–H groups in total. The number of ether oxygens (including phenoxy) is 1. The van der Waals surface area contributed by atoms with Gasteiger partial charge in [0.15, 0.2) is 0 Å². The van der Waals surface area contributed by atoms with Crippen LogP contribution in [0.15, 0.2) is 27.5 Å². The van der Waals surface area contributed by atoms with Crippen molar-refractivity contribution in [1.82, 2.24) is 10.6 Å². The maximum Gasteiger partial charge on any atom is 0.407 e. The molecule has 1 amide bonds. The van der Waals surface area contributed by atoms with E-state index < -0.39 is 11.7 Å². The maximum atomic E-state index is 11.5. The number of hydrogen-bond donors (Lipinski definition) is 2. The molecule has 0 bridgehead atoms. The van der Waals surface area contributed by atoms with Gasteiger partial charge in [-0.15, -0.1) is 0 Å². The summed E-state index contributed by atoms with van der Waals surface area (Å²) in [6.45, 7) is 6.41. The van der Waals surface area contributed by atoms with Crippen LogP contribution in [0, 0.1) is 0 Å². The van der Waals surface area contributed by atoms with Crippen molar-refractivity contribution in [3.05, 3.63) is 49.0 Å². The standard InChI is InChI=1S/C14H19N11O2/c1-14(2,3)27-13(26)19-5-4-18-8-9-6-10(20-23-15)12(22-25-17)11(7-9)21-24-16/h6-7,18H,4-5,8H2,1-3H3,(H,19,26). The van der Waals surface area contributed by atoms with E-state index in [-0.39, 0.29) is 17.1 Å². The summed E-state index contributed by atoms with van der Waals surface area (Å²) in [6.07, 6.45) is -0.515. The highest BCUT2D eigenvalue weighted by Crippen LogP contribution is 2.39. The Hall–Kier alpha value is -3.62. The summed E-state index contributed by atoms with van der Waals surface area (Å²) in [7, 11) is 0. The van der Waals surface area contributed by atoms with E-state index in [9.17, 15) is 4.79 Å². The minimum atomic E-state index is -0.569. The van der Waals surface area contributed by atoms with Crippen molar-refractivity contribution in [2.45, 2.75) is 32.9 Å². The van der Waals surface area contributed by atoms with Gasteiger partial charge in [-0.2, -0.15) is 0 Å². The van der Waals surface area contributed by atoms with Crippen LogP contribution < -0.4 is 10.6 Å². The lowest BCUT2D eigenvalue weighted by Crippen LogP contribution is -2.36. The average molecular weight is 373 g/mol. The van der Waals surface area contributed by atoms with E-state index >= 15 is 0 Å². The van der Waals surface area contributed by atoms with Crippen molar-refractivity contribution >= 4 is 23.2 Å². The first-order valence-electron chi connectivity index (χ1n) is 7.80. The van der Waals surface area contributed by atoms with Crippen LogP contribution in [0.25, 0.3) is 31.3 Å². The molecule has 0 saturated heterocycles. The van der Waals surface area contributed by atoms with Crippen molar-refractivity contribution < 1.29 is 9.53 Å². The van der Waals surface area contributed by atoms with Gasteiger partial charge in [-0.1, -0.05) is 15.3 Å². The molecule has 1 aromatic rings. The molecular formula is C14H19N11O2. The van der Waals surface area contributed by atoms with Crippen LogP contribution in [0.4, 0.5) is 21.9 Å². The molecule has 0 heterocycles. The van der Waals surface area contributed by atoms with E-state index in [2.05, 4.69) is 40.7 Å². The second-order valence-corrected chi connectivity index (χ2v) is 6.16. The van der Waals surface area contributed by atoms with Gasteiger partial charge in [0.2, 0.25) is 0 Å². The Labute approximate surface area is 154 Å². The molecule has 1 aromatic carbocycles. The SMILES string of the molecule is CC(C)(C)OC(=O)NCCNCc1cc(N=[N+]=[N-])c(N=[N+]=[N-])c(N=[N+]=[N-])c1. The van der Waals surface area contributed by atoms with Gasteiger partial charge >= 0.3 is 6.09 Å². The molecule has 0 aliphatic heterocycles. The molecule has 142 valence electrons. The summed E-state index contributed by atoms with van der Waals surface area (Å²) in [5.41, 5.74) is 26.0. The lowest BCUT2D eigenvalue weighted by atomic mass is 10.1. The summed E-state index contributed by atoms with van der Waals surface area (Å²) < 4.78 is 5.11. The van der Waals surface area contributed by atoms with Gasteiger partial charge in [-0.05, 0) is 55.1 Å². The predicted octanol–water partition coefficient (Wildman–Crippen LogP) is 5.13. The van der Waals surface area contributed by atoms with Gasteiger partial charge in [0, 0.05) is 45.7 Å². The van der Waals surface area contributed by atoms with E-state index in [1.54, 1.807) is 20.8 Å². The highest BCUT2D eigenvalue weighted by molar-refractivity contribution is 5.76. The zero-order chi connectivity index (χ0) is 20.3. The molecule has 1 rings (SSSR count). The number of benzene rings is 1. The third-order valence-electron chi connectivity index (χ3n) is 2.88. The fourth-order valence-electron chi connectivity index (χ4n) is 1.96. The Morgan fingerprint density at radius 2 is 1.59 bits per heavy atom. The number of carbonyl (C=O) groups is 1. The van der Waals surface area contributed by atoms with E-state index in [1.165, 1.54) is 12.1 Å². The lowest BCUT2D eigenvalue weighted by molar-refractivity contribution is 0.0528. The molecule has 27 heavy (non-hydrogen) atoms. The molecule has 0 aliphatic carbocycles. The summed E-state index contributed by atoms with van der Waals surface area (Å²) in [4.78, 5) is 19.5. The summed E-state index contributed by atoms with van der Waals surface area (Å²) in [6, 6.07) is 3.02. The van der Waals surface area contributed by atoms with E-state index in [0.717, 1.165) is 0 Å². The Balaban J connectivity index is 2.75. The minimum Gasteiger partial charge on any atom is -0.444 e. The molecule has 0 spiro atoms. The molecule has 13 nitrogen and oxygen atoms in total. The number of nitrogens with one attached hydrogen (secondary N) is 2. The topological polar surface area (TPSA) is 197 Å². The first-order valence-corrected chi connectivity index (χ1v) is 7.80. The molecule has 0 unspecified atom stereocenters. The van der Waals surface area contributed by atoms with Gasteiger partial charge in [0.1, 0.15) is 5.60 Å². The average Bonchev–Trinajstić information content (AvgIpc) is 2.56. The molecule has 0 atom stereocenters. The van der Waals surface area contributed by atoms with Gasteiger partial charge in [-0.25, -0.2) is 4.79 Å². The van der Waals surface area contributed by atoms with Gasteiger partial charge < -0.3 is 15.4 Å². The van der Waals surface area contributed by atoms with Crippen LogP contribution in [0.2, 0.25) is 0 Å². The first-order chi connectivity index (χ1) is 12.8. The highest BCUT2D eigenvalue weighted by Gasteiger charge is 2.15. The maximum absolute atomic E-state index is 11.5. The first kappa shape index (κ1) is 21.4. The molecule has 0 radical (unpaired) electrons. The monoisotopic (exact) mass is 373 g/mol. The van der Waals surface area contributed by atoms with Crippen LogP contribution in [0.3, 0.4) is 0 Å². The van der Waals surface area contributed by atoms with Crippen LogP contribution in [-0.2, 0) is 11.3 Å². The largest absolute Gasteiger partial charge is 0.444 e. The van der Waals surface area contributed by atoms with Crippen LogP contribution >= 0.6 is 0 Å². The smallest absolute Gasteiger partial charge is 0.407 e. The van der Waals surface area contributed by atoms with Crippen LogP contribution in [0.1, 0.15) is 26.3 Å². The number of nitrogens with zero attached hydrogens (tertiary/aromatic N) is 9. The quantitative estimate of drug-likeness (QED) is 0.276. The lowest BCUT2D eigenvalue weighted by Gasteiger charge is -2.19. The van der Waals surface area contributed by atoms with Crippen molar-refractivity contribution in [3.63, 3.8) is 0 Å². The van der Waals surface area contributed by atoms with Crippen molar-refractivity contribution in [3.8, 4) is 0 Å². The Bertz CT molecular complexity index is 787. The van der Waals surface area contributed by atoms with Gasteiger partial charge in [-0.3, -0.25) is 0 Å². The van der Waals surface area contributed by atoms with Crippen molar-refractivity contribution in [2.75, 3.05) is 13.1 Å². The zero-order valence-electron chi connectivity index (χ0n) is 15.1. The molecule has 0 aromatic heterocycles. The second kappa shape index (κ2) is 10.4. The predicted molar refractivity (Wildman–Crippen MR) is 98.8 cm³/mol. The number of azide groups is 3. The van der Waals surface area contributed by atoms with E-state index in [1.807, 2.05) is 0 Å². The van der Waals surface area contributed by atoms with Crippen LogP contribution in [-0.4, -0.2) is 24.8 Å². The molecule has 0 aliphatic rings. The fourth-order valence-corrected chi connectivity index (χ4v) is 1.96. The number of amides is 1. The molecule has 0 fully saturated rings. The zero-order valence-corrected chi connectivity index (χ0v) is 15.1. The second-order valence-electron chi connectivity index (χ2n) is 6.16. The van der Waals surface area contributed by atoms with Crippen LogP contribution in [0.5, 0.6) is 0 Å². The van der Waals surface area contributed by atoms with Gasteiger partial charge in [0.25, 0.3) is 0 Å². The number of hydrogen-bond acceptors (Lipinski definition) is 6. The van der Waals surface area contributed by atoms with E-state index in [4.69, 9.17) is 21.3 Å². The molecule has 13 heteroatoms. The normalized spacial score (nSPS) is 10.0. The highest BCUT2D eigenvalue weighted by atomic mass is 16.6. The molecular weight excluding hydrogens is 354 g/mol. The van der Waals surface area contributed by atoms with Crippen molar-refractivity contribution in [2.24, 2.45) is 15.3 Å². The van der Waals surface area contributed by atoms with Gasteiger partial charge in [0.05, 0.1) is 5.69 Å². The van der Waals surface area contributed by atoms with E-state index in [0.29, 0.717) is 25.2 Å². The number of alkyl carbamates (subject to hydrolysis) is 1. The third kappa shape index (κ3) is 7.86. The fraction of sp³-hybridized carbons (Fsp3) is 0.500. The Kier molecular flexibility index (Phi) is 8.24. The Morgan fingerprint density at radius 3 is 2.07 bits per heavy atom. The van der Waals surface area contributed by atoms with Crippen molar-refractivity contribution in [1.29, 1.82) is 0 Å². The summed E-state index contributed by atoms with van der Waals surface area (Å²) >= 11 is 0.